The van der Waals surface area contributed by atoms with Crippen LogP contribution in [0.2, 0.25) is 10.0 Å². The molecule has 1 aromatic carbocycles. The van der Waals surface area contributed by atoms with Crippen molar-refractivity contribution >= 4 is 35.1 Å². The van der Waals surface area contributed by atoms with Crippen molar-refractivity contribution in [2.24, 2.45) is 28.6 Å². The molecule has 6 atom stereocenters. The number of hydrogen-bond acceptors (Lipinski definition) is 2. The van der Waals surface area contributed by atoms with Gasteiger partial charge in [-0.15, -0.1) is 0 Å². The molecule has 3 fully saturated rings. The van der Waals surface area contributed by atoms with Crippen molar-refractivity contribution in [3.05, 3.63) is 51.0 Å². The second-order valence-corrected chi connectivity index (χ2v) is 11.3. The van der Waals surface area contributed by atoms with Crippen LogP contribution >= 0.6 is 23.2 Å². The minimum absolute atomic E-state index is 0.179. The lowest BCUT2D eigenvalue weighted by Crippen LogP contribution is -2.50. The number of halogens is 2. The van der Waals surface area contributed by atoms with Gasteiger partial charge in [0.05, 0.1) is 6.10 Å². The Morgan fingerprint density at radius 1 is 1.07 bits per heavy atom. The van der Waals surface area contributed by atoms with Gasteiger partial charge in [-0.05, 0) is 97.5 Å². The maximum Gasteiger partial charge on any atom is 0.165 e. The van der Waals surface area contributed by atoms with Gasteiger partial charge in [0, 0.05) is 15.5 Å². The van der Waals surface area contributed by atoms with Crippen molar-refractivity contribution < 1.29 is 9.90 Å². The van der Waals surface area contributed by atoms with Crippen LogP contribution < -0.4 is 0 Å². The van der Waals surface area contributed by atoms with Gasteiger partial charge in [0.1, 0.15) is 0 Å². The molecule has 3 saturated carbocycles. The largest absolute Gasteiger partial charge is 0.393 e. The first-order valence-electron chi connectivity index (χ1n) is 11.3. The summed E-state index contributed by atoms with van der Waals surface area (Å²) in [4.78, 5) is 13.5. The molecule has 30 heavy (non-hydrogen) atoms. The van der Waals surface area contributed by atoms with Crippen molar-refractivity contribution in [1.29, 1.82) is 0 Å². The highest BCUT2D eigenvalue weighted by molar-refractivity contribution is 6.35. The summed E-state index contributed by atoms with van der Waals surface area (Å²) >= 11 is 12.4. The molecule has 1 N–H and O–H groups in total. The van der Waals surface area contributed by atoms with Crippen LogP contribution in [0, 0.1) is 28.6 Å². The fourth-order valence-corrected chi connectivity index (χ4v) is 7.71. The van der Waals surface area contributed by atoms with E-state index in [1.54, 1.807) is 6.07 Å². The van der Waals surface area contributed by atoms with Crippen LogP contribution in [0.15, 0.2) is 35.4 Å². The lowest BCUT2D eigenvalue weighted by Gasteiger charge is -2.56. The van der Waals surface area contributed by atoms with E-state index in [-0.39, 0.29) is 16.9 Å². The topological polar surface area (TPSA) is 37.3 Å². The third kappa shape index (κ3) is 3.05. The van der Waals surface area contributed by atoms with Gasteiger partial charge in [0.25, 0.3) is 0 Å². The molecule has 4 heteroatoms. The first-order chi connectivity index (χ1) is 14.2. The molecule has 0 heterocycles. The average Bonchev–Trinajstić information content (AvgIpc) is 2.95. The Labute approximate surface area is 189 Å². The van der Waals surface area contributed by atoms with Gasteiger partial charge in [-0.25, -0.2) is 0 Å². The van der Waals surface area contributed by atoms with E-state index in [0.29, 0.717) is 33.6 Å². The molecule has 160 valence electrons. The highest BCUT2D eigenvalue weighted by Crippen LogP contribution is 2.64. The van der Waals surface area contributed by atoms with E-state index >= 15 is 0 Å². The molecule has 0 saturated heterocycles. The highest BCUT2D eigenvalue weighted by atomic mass is 35.5. The fourth-order valence-electron chi connectivity index (χ4n) is 7.25. The Kier molecular flexibility index (Phi) is 5.00. The number of carbonyl (C=O) groups is 1. The van der Waals surface area contributed by atoms with Gasteiger partial charge in [-0.2, -0.15) is 0 Å². The monoisotopic (exact) mass is 444 g/mol. The number of fused-ring (bicyclic) bond motifs is 5. The van der Waals surface area contributed by atoms with Crippen LogP contribution in [0.25, 0.3) is 6.08 Å². The number of benzene rings is 1. The molecule has 0 amide bonds. The summed E-state index contributed by atoms with van der Waals surface area (Å²) in [5.41, 5.74) is 3.20. The summed E-state index contributed by atoms with van der Waals surface area (Å²) in [6.07, 6.45) is 11.0. The SMILES string of the molecule is C[C@]12CC[C@H](O)CC1=CC[C@@H]1[C@@H]2CC[C@]2(C)C(=O)/C(=C/c3ccc(Cl)cc3Cl)C[C@@H]12. The van der Waals surface area contributed by atoms with Crippen LogP contribution in [-0.4, -0.2) is 17.0 Å². The third-order valence-corrected chi connectivity index (χ3v) is 9.57. The molecule has 5 rings (SSSR count). The Bertz CT molecular complexity index is 964. The van der Waals surface area contributed by atoms with Gasteiger partial charge in [-0.3, -0.25) is 4.79 Å². The summed E-state index contributed by atoms with van der Waals surface area (Å²) in [5.74, 6) is 1.87. The van der Waals surface area contributed by atoms with E-state index in [2.05, 4.69) is 19.9 Å². The first kappa shape index (κ1) is 20.8. The molecule has 0 bridgehead atoms. The van der Waals surface area contributed by atoms with E-state index < -0.39 is 0 Å². The number of hydrogen-bond donors (Lipinski definition) is 1. The maximum atomic E-state index is 13.5. The molecule has 1 aromatic rings. The molecule has 0 radical (unpaired) electrons. The standard InChI is InChI=1S/C26H30Cl2O2/c1-25-9-7-19(29)13-17(25)4-6-20-21(25)8-10-26(2)22(20)12-16(24(26)30)11-15-3-5-18(27)14-23(15)28/h3-5,11,14,19-22,29H,6-10,12-13H2,1-2H3/b16-11+/t19-,20+,21-,22-,25-,26-/m0/s1. The average molecular weight is 445 g/mol. The molecule has 4 aliphatic rings. The van der Waals surface area contributed by atoms with Crippen LogP contribution in [-0.2, 0) is 4.79 Å². The van der Waals surface area contributed by atoms with Crippen LogP contribution in [0.4, 0.5) is 0 Å². The predicted molar refractivity (Wildman–Crippen MR) is 123 cm³/mol. The van der Waals surface area contributed by atoms with Crippen molar-refractivity contribution in [3.8, 4) is 0 Å². The van der Waals surface area contributed by atoms with Crippen LogP contribution in [0.3, 0.4) is 0 Å². The molecule has 2 nitrogen and oxygen atoms in total. The third-order valence-electron chi connectivity index (χ3n) is 9.01. The van der Waals surface area contributed by atoms with E-state index in [9.17, 15) is 9.90 Å². The van der Waals surface area contributed by atoms with E-state index in [0.717, 1.165) is 56.1 Å². The van der Waals surface area contributed by atoms with Crippen molar-refractivity contribution in [2.75, 3.05) is 0 Å². The van der Waals surface area contributed by atoms with Crippen LogP contribution in [0.1, 0.15) is 64.4 Å². The minimum atomic E-state index is -0.262. The maximum absolute atomic E-state index is 13.5. The van der Waals surface area contributed by atoms with Gasteiger partial charge in [0.2, 0.25) is 0 Å². The van der Waals surface area contributed by atoms with Gasteiger partial charge in [0.15, 0.2) is 5.78 Å². The molecular weight excluding hydrogens is 415 g/mol. The number of Topliss-reactive ketones (excluding diaryl/α,β-unsaturated/α-hetero) is 1. The molecule has 0 unspecified atom stereocenters. The predicted octanol–water partition coefficient (Wildman–Crippen LogP) is 6.88. The molecule has 0 spiro atoms. The zero-order chi connectivity index (χ0) is 21.3. The zero-order valence-electron chi connectivity index (χ0n) is 17.8. The lowest BCUT2D eigenvalue weighted by atomic mass is 9.48. The Morgan fingerprint density at radius 3 is 2.60 bits per heavy atom. The number of aliphatic hydroxyl groups excluding tert-OH is 1. The molecule has 4 aliphatic carbocycles. The second kappa shape index (κ2) is 7.22. The Morgan fingerprint density at radius 2 is 1.83 bits per heavy atom. The smallest absolute Gasteiger partial charge is 0.165 e. The number of aliphatic hydroxyl groups is 1. The number of allylic oxidation sites excluding steroid dienone is 2. The summed E-state index contributed by atoms with van der Waals surface area (Å²) in [5, 5.41) is 11.4. The van der Waals surface area contributed by atoms with Crippen LogP contribution in [0.5, 0.6) is 0 Å². The summed E-state index contributed by atoms with van der Waals surface area (Å²) < 4.78 is 0. The summed E-state index contributed by atoms with van der Waals surface area (Å²) in [7, 11) is 0. The Balaban J connectivity index is 1.48. The van der Waals surface area contributed by atoms with Crippen molar-refractivity contribution in [1.82, 2.24) is 0 Å². The molecular formula is C26H30Cl2O2. The van der Waals surface area contributed by atoms with Crippen molar-refractivity contribution in [2.45, 2.75) is 64.9 Å². The fraction of sp³-hybridized carbons (Fsp3) is 0.577. The van der Waals surface area contributed by atoms with E-state index in [1.165, 1.54) is 5.57 Å². The number of carbonyl (C=O) groups excluding carboxylic acids is 1. The van der Waals surface area contributed by atoms with Gasteiger partial charge >= 0.3 is 0 Å². The number of rotatable bonds is 1. The number of ketones is 1. The van der Waals surface area contributed by atoms with Gasteiger partial charge in [-0.1, -0.05) is 54.8 Å². The quantitative estimate of drug-likeness (QED) is 0.378. The normalized spacial score (nSPS) is 41.8. The van der Waals surface area contributed by atoms with E-state index in [1.807, 2.05) is 18.2 Å². The minimum Gasteiger partial charge on any atom is -0.393 e. The summed E-state index contributed by atoms with van der Waals surface area (Å²) in [6.45, 7) is 4.62. The lowest BCUT2D eigenvalue weighted by molar-refractivity contribution is -0.130. The zero-order valence-corrected chi connectivity index (χ0v) is 19.3. The van der Waals surface area contributed by atoms with Crippen molar-refractivity contribution in [3.63, 3.8) is 0 Å². The Hall–Kier alpha value is -1.09. The first-order valence-corrected chi connectivity index (χ1v) is 12.1. The highest BCUT2D eigenvalue weighted by Gasteiger charge is 2.59. The second-order valence-electron chi connectivity index (χ2n) is 10.5. The summed E-state index contributed by atoms with van der Waals surface area (Å²) in [6, 6.07) is 5.48. The molecule has 0 aromatic heterocycles. The molecule has 0 aliphatic heterocycles. The van der Waals surface area contributed by atoms with Gasteiger partial charge < -0.3 is 5.11 Å². The van der Waals surface area contributed by atoms with E-state index in [4.69, 9.17) is 23.2 Å².